The normalized spacial score (nSPS) is 16.6. The van der Waals surface area contributed by atoms with Gasteiger partial charge in [0.2, 0.25) is 6.79 Å². The zero-order chi connectivity index (χ0) is 19.0. The van der Waals surface area contributed by atoms with Crippen LogP contribution in [0, 0.1) is 23.4 Å². The molecule has 0 aromatic heterocycles. The van der Waals surface area contributed by atoms with Crippen LogP contribution in [0.25, 0.3) is 0 Å². The fourth-order valence-electron chi connectivity index (χ4n) is 3.60. The highest BCUT2D eigenvalue weighted by molar-refractivity contribution is 5.94. The maximum atomic E-state index is 13.9. The quantitative estimate of drug-likeness (QED) is 0.761. The molecular formula is C20H18F3NO3. The van der Waals surface area contributed by atoms with Crippen LogP contribution in [-0.2, 0) is 6.42 Å². The Morgan fingerprint density at radius 3 is 2.52 bits per heavy atom. The van der Waals surface area contributed by atoms with E-state index in [0.29, 0.717) is 19.0 Å². The molecule has 1 fully saturated rings. The fourth-order valence-corrected chi connectivity index (χ4v) is 3.60. The van der Waals surface area contributed by atoms with Crippen molar-refractivity contribution in [3.8, 4) is 11.5 Å². The van der Waals surface area contributed by atoms with E-state index in [0.717, 1.165) is 48.5 Å². The SMILES string of the molecule is O=C(c1ccc(F)c(F)c1F)N1CCC(Cc2ccc3c(c2)OCO3)CC1. The fraction of sp³-hybridized carbons (Fsp3) is 0.350. The second kappa shape index (κ2) is 7.13. The van der Waals surface area contributed by atoms with Gasteiger partial charge in [-0.2, -0.15) is 0 Å². The number of carbonyl (C=O) groups is 1. The molecular weight excluding hydrogens is 359 g/mol. The summed E-state index contributed by atoms with van der Waals surface area (Å²) in [6.07, 6.45) is 2.36. The molecule has 0 atom stereocenters. The minimum atomic E-state index is -1.61. The maximum Gasteiger partial charge on any atom is 0.256 e. The summed E-state index contributed by atoms with van der Waals surface area (Å²) < 4.78 is 51.0. The van der Waals surface area contributed by atoms with E-state index in [-0.39, 0.29) is 6.79 Å². The van der Waals surface area contributed by atoms with Gasteiger partial charge in [-0.1, -0.05) is 6.07 Å². The smallest absolute Gasteiger partial charge is 0.256 e. The van der Waals surface area contributed by atoms with Gasteiger partial charge in [0.25, 0.3) is 5.91 Å². The van der Waals surface area contributed by atoms with Crippen molar-refractivity contribution in [2.24, 2.45) is 5.92 Å². The zero-order valence-corrected chi connectivity index (χ0v) is 14.5. The number of nitrogens with zero attached hydrogens (tertiary/aromatic N) is 1. The first-order valence-corrected chi connectivity index (χ1v) is 8.84. The molecule has 2 aliphatic rings. The number of hydrogen-bond donors (Lipinski definition) is 0. The molecule has 0 unspecified atom stereocenters. The minimum absolute atomic E-state index is 0.236. The summed E-state index contributed by atoms with van der Waals surface area (Å²) in [6.45, 7) is 1.14. The van der Waals surface area contributed by atoms with Crippen molar-refractivity contribution in [2.75, 3.05) is 19.9 Å². The van der Waals surface area contributed by atoms with Gasteiger partial charge in [0.1, 0.15) is 0 Å². The molecule has 2 aliphatic heterocycles. The third kappa shape index (κ3) is 3.46. The number of piperidine rings is 1. The Balaban J connectivity index is 1.37. The summed E-state index contributed by atoms with van der Waals surface area (Å²) >= 11 is 0. The Morgan fingerprint density at radius 1 is 1.00 bits per heavy atom. The molecule has 4 rings (SSSR count). The van der Waals surface area contributed by atoms with Gasteiger partial charge < -0.3 is 14.4 Å². The highest BCUT2D eigenvalue weighted by atomic mass is 19.2. The molecule has 2 heterocycles. The average Bonchev–Trinajstić information content (AvgIpc) is 3.14. The summed E-state index contributed by atoms with van der Waals surface area (Å²) in [6, 6.07) is 7.63. The van der Waals surface area contributed by atoms with Crippen LogP contribution in [0.5, 0.6) is 11.5 Å². The van der Waals surface area contributed by atoms with Gasteiger partial charge in [0.05, 0.1) is 5.56 Å². The molecule has 2 aromatic rings. The van der Waals surface area contributed by atoms with Crippen molar-refractivity contribution in [2.45, 2.75) is 19.3 Å². The predicted octanol–water partition coefficient (Wildman–Crippen LogP) is 3.93. The first-order valence-electron chi connectivity index (χ1n) is 8.84. The Morgan fingerprint density at radius 2 is 1.74 bits per heavy atom. The van der Waals surface area contributed by atoms with Gasteiger partial charge in [-0.25, -0.2) is 13.2 Å². The third-order valence-electron chi connectivity index (χ3n) is 5.13. The highest BCUT2D eigenvalue weighted by Crippen LogP contribution is 2.34. The molecule has 27 heavy (non-hydrogen) atoms. The van der Waals surface area contributed by atoms with Crippen molar-refractivity contribution >= 4 is 5.91 Å². The van der Waals surface area contributed by atoms with E-state index >= 15 is 0 Å². The van der Waals surface area contributed by atoms with Crippen molar-refractivity contribution in [3.05, 3.63) is 58.9 Å². The number of hydrogen-bond acceptors (Lipinski definition) is 3. The first kappa shape index (κ1) is 17.7. The molecule has 0 spiro atoms. The predicted molar refractivity (Wildman–Crippen MR) is 91.2 cm³/mol. The number of halogens is 3. The summed E-state index contributed by atoms with van der Waals surface area (Å²) in [5, 5.41) is 0. The topological polar surface area (TPSA) is 38.8 Å². The van der Waals surface area contributed by atoms with Crippen LogP contribution >= 0.6 is 0 Å². The van der Waals surface area contributed by atoms with Crippen LogP contribution < -0.4 is 9.47 Å². The molecule has 0 saturated carbocycles. The van der Waals surface area contributed by atoms with Crippen LogP contribution in [0.3, 0.4) is 0 Å². The van der Waals surface area contributed by atoms with Crippen LogP contribution in [-0.4, -0.2) is 30.7 Å². The Kier molecular flexibility index (Phi) is 4.68. The monoisotopic (exact) mass is 377 g/mol. The van der Waals surface area contributed by atoms with Gasteiger partial charge >= 0.3 is 0 Å². The van der Waals surface area contributed by atoms with E-state index < -0.39 is 28.9 Å². The minimum Gasteiger partial charge on any atom is -0.454 e. The van der Waals surface area contributed by atoms with E-state index in [4.69, 9.17) is 9.47 Å². The molecule has 7 heteroatoms. The van der Waals surface area contributed by atoms with Gasteiger partial charge in [-0.05, 0) is 55.0 Å². The van der Waals surface area contributed by atoms with E-state index in [1.165, 1.54) is 4.90 Å². The second-order valence-electron chi connectivity index (χ2n) is 6.85. The number of benzene rings is 2. The standard InChI is InChI=1S/C20H18F3NO3/c21-15-3-2-14(18(22)19(15)23)20(25)24-7-5-12(6-8-24)9-13-1-4-16-17(10-13)27-11-26-16/h1-4,10,12H,5-9,11H2. The lowest BCUT2D eigenvalue weighted by Crippen LogP contribution is -2.39. The molecule has 0 bridgehead atoms. The van der Waals surface area contributed by atoms with Crippen LogP contribution in [0.1, 0.15) is 28.8 Å². The number of rotatable bonds is 3. The number of amides is 1. The summed E-state index contributed by atoms with van der Waals surface area (Å²) in [4.78, 5) is 13.9. The van der Waals surface area contributed by atoms with E-state index in [9.17, 15) is 18.0 Å². The first-order chi connectivity index (χ1) is 13.0. The largest absolute Gasteiger partial charge is 0.454 e. The van der Waals surface area contributed by atoms with E-state index in [1.807, 2.05) is 18.2 Å². The van der Waals surface area contributed by atoms with Gasteiger partial charge in [0, 0.05) is 13.1 Å². The van der Waals surface area contributed by atoms with Crippen LogP contribution in [0.2, 0.25) is 0 Å². The third-order valence-corrected chi connectivity index (χ3v) is 5.13. The van der Waals surface area contributed by atoms with Crippen molar-refractivity contribution in [1.82, 2.24) is 4.90 Å². The van der Waals surface area contributed by atoms with Crippen molar-refractivity contribution in [3.63, 3.8) is 0 Å². The lowest BCUT2D eigenvalue weighted by Gasteiger charge is -2.32. The summed E-state index contributed by atoms with van der Waals surface area (Å²) in [5.74, 6) is -3.08. The molecule has 0 aliphatic carbocycles. The lowest BCUT2D eigenvalue weighted by atomic mass is 9.90. The lowest BCUT2D eigenvalue weighted by molar-refractivity contribution is 0.0684. The van der Waals surface area contributed by atoms with Crippen molar-refractivity contribution in [1.29, 1.82) is 0 Å². The average molecular weight is 377 g/mol. The molecule has 4 nitrogen and oxygen atoms in total. The molecule has 1 saturated heterocycles. The van der Waals surface area contributed by atoms with E-state index in [1.54, 1.807) is 0 Å². The molecule has 0 N–H and O–H groups in total. The number of ether oxygens (including phenoxy) is 2. The zero-order valence-electron chi connectivity index (χ0n) is 14.5. The highest BCUT2D eigenvalue weighted by Gasteiger charge is 2.27. The van der Waals surface area contributed by atoms with Crippen LogP contribution in [0.4, 0.5) is 13.2 Å². The maximum absolute atomic E-state index is 13.9. The summed E-state index contributed by atoms with van der Waals surface area (Å²) in [7, 11) is 0. The molecule has 0 radical (unpaired) electrons. The van der Waals surface area contributed by atoms with Gasteiger partial charge in [-0.15, -0.1) is 0 Å². The van der Waals surface area contributed by atoms with E-state index in [2.05, 4.69) is 0 Å². The Hall–Kier alpha value is -2.70. The van der Waals surface area contributed by atoms with Crippen molar-refractivity contribution < 1.29 is 27.4 Å². The summed E-state index contributed by atoms with van der Waals surface area (Å²) in [5.41, 5.74) is 0.707. The Bertz CT molecular complexity index is 879. The number of likely N-dealkylation sites (tertiary alicyclic amines) is 1. The molecule has 142 valence electrons. The number of carbonyl (C=O) groups excluding carboxylic acids is 1. The second-order valence-corrected chi connectivity index (χ2v) is 6.85. The molecule has 1 amide bonds. The Labute approximate surface area is 154 Å². The van der Waals surface area contributed by atoms with Gasteiger partial charge in [-0.3, -0.25) is 4.79 Å². The molecule has 2 aromatic carbocycles. The number of fused-ring (bicyclic) bond motifs is 1. The van der Waals surface area contributed by atoms with Crippen LogP contribution in [0.15, 0.2) is 30.3 Å². The van der Waals surface area contributed by atoms with Gasteiger partial charge in [0.15, 0.2) is 29.0 Å².